The highest BCUT2D eigenvalue weighted by Crippen LogP contribution is 2.39. The average molecular weight is 432 g/mol. The van der Waals surface area contributed by atoms with E-state index in [0.717, 1.165) is 19.2 Å². The number of morpholine rings is 1. The minimum atomic E-state index is -4.48. The van der Waals surface area contributed by atoms with Gasteiger partial charge in [-0.1, -0.05) is 0 Å². The minimum absolute atomic E-state index is 0.0944. The number of hydrogen-bond acceptors (Lipinski definition) is 9. The van der Waals surface area contributed by atoms with Crippen LogP contribution in [0.5, 0.6) is 0 Å². The molecule has 0 aliphatic carbocycles. The molecule has 2 aliphatic rings. The van der Waals surface area contributed by atoms with Gasteiger partial charge in [0.2, 0.25) is 0 Å². The van der Waals surface area contributed by atoms with E-state index in [1.54, 1.807) is 4.72 Å². The van der Waals surface area contributed by atoms with Crippen molar-refractivity contribution >= 4 is 33.8 Å². The van der Waals surface area contributed by atoms with Crippen LogP contribution in [0.2, 0.25) is 0 Å². The lowest BCUT2D eigenvalue weighted by molar-refractivity contribution is -0.383. The first-order chi connectivity index (χ1) is 13.4. The lowest BCUT2D eigenvalue weighted by atomic mass is 10.2. The van der Waals surface area contributed by atoms with E-state index in [9.17, 15) is 23.3 Å². The summed E-state index contributed by atoms with van der Waals surface area (Å²) in [6.45, 7) is 8.60. The fraction of sp³-hybridized carbons (Fsp3) is 0.562. The van der Waals surface area contributed by atoms with Gasteiger partial charge in [0, 0.05) is 19.2 Å². The first-order valence-corrected chi connectivity index (χ1v) is 10.1. The molecule has 2 saturated heterocycles. The summed E-state index contributed by atoms with van der Waals surface area (Å²) in [5.41, 5.74) is -0.831. The third-order valence-electron chi connectivity index (χ3n) is 4.04. The number of nitro groups is 1. The zero-order valence-corrected chi connectivity index (χ0v) is 17.1. The zero-order valence-electron chi connectivity index (χ0n) is 16.2. The molecule has 0 amide bonds. The van der Waals surface area contributed by atoms with Crippen LogP contribution >= 0.6 is 0 Å². The number of carbonyl (C=O) groups is 1. The van der Waals surface area contributed by atoms with Crippen molar-refractivity contribution < 1.29 is 32.2 Å². The molecule has 2 unspecified atom stereocenters. The number of carbonyl (C=O) groups excluding carboxylic acids is 1. The summed E-state index contributed by atoms with van der Waals surface area (Å²) in [4.78, 5) is 22.2. The van der Waals surface area contributed by atoms with Gasteiger partial charge in [-0.2, -0.15) is 8.42 Å². The van der Waals surface area contributed by atoms with Crippen molar-refractivity contribution in [2.24, 2.45) is 0 Å². The van der Waals surface area contributed by atoms with Crippen molar-refractivity contribution in [2.75, 3.05) is 36.3 Å². The van der Waals surface area contributed by atoms with E-state index >= 15 is 0 Å². The second-order valence-electron chi connectivity index (χ2n) is 7.46. The van der Waals surface area contributed by atoms with Gasteiger partial charge < -0.3 is 14.8 Å². The number of rotatable bonds is 7. The molecule has 3 rings (SSSR count). The number of nitrogens with zero attached hydrogens (tertiary/aromatic N) is 2. The van der Waals surface area contributed by atoms with Crippen LogP contribution in [-0.4, -0.2) is 66.8 Å². The molecule has 0 radical (unpaired) electrons. The smallest absolute Gasteiger partial charge is 0.357 e. The molecule has 13 heteroatoms. The highest BCUT2D eigenvalue weighted by Gasteiger charge is 2.56. The van der Waals surface area contributed by atoms with Gasteiger partial charge in [-0.25, -0.2) is 0 Å². The number of hydrogen-bond donors (Lipinski definition) is 3. The lowest BCUT2D eigenvalue weighted by Crippen LogP contribution is -2.26. The van der Waals surface area contributed by atoms with Gasteiger partial charge in [-0.05, 0) is 32.9 Å². The molecule has 2 heterocycles. The predicted octanol–water partition coefficient (Wildman–Crippen LogP) is 1.22. The van der Waals surface area contributed by atoms with E-state index in [-0.39, 0.29) is 28.4 Å². The van der Waals surface area contributed by atoms with Crippen LogP contribution in [0.4, 0.5) is 17.1 Å². The molecule has 2 fully saturated rings. The third kappa shape index (κ3) is 6.81. The molecule has 1 aromatic rings. The fourth-order valence-corrected chi connectivity index (χ4v) is 3.09. The van der Waals surface area contributed by atoms with Crippen LogP contribution in [0, 0.1) is 10.1 Å². The van der Waals surface area contributed by atoms with Crippen molar-refractivity contribution in [1.29, 1.82) is 0 Å². The topological polar surface area (TPSA) is 160 Å². The first-order valence-electron chi connectivity index (χ1n) is 8.63. The third-order valence-corrected chi connectivity index (χ3v) is 4.53. The second kappa shape index (κ2) is 8.49. The Hall–Kier alpha value is -2.48. The van der Waals surface area contributed by atoms with Crippen molar-refractivity contribution in [2.45, 2.75) is 32.1 Å². The van der Waals surface area contributed by atoms with Gasteiger partial charge in [0.05, 0.1) is 23.8 Å². The maximum Gasteiger partial charge on any atom is 0.357 e. The molecular formula is C16H24N4O8S. The zero-order chi connectivity index (χ0) is 21.9. The Kier molecular flexibility index (Phi) is 6.67. The Morgan fingerprint density at radius 2 is 2.14 bits per heavy atom. The summed E-state index contributed by atoms with van der Waals surface area (Å²) in [6.07, 6.45) is 0. The summed E-state index contributed by atoms with van der Waals surface area (Å²) in [6, 6.07) is 3.73. The highest BCUT2D eigenvalue weighted by molar-refractivity contribution is 7.87. The molecule has 2 aliphatic heterocycles. The van der Waals surface area contributed by atoms with Crippen LogP contribution in [0.25, 0.3) is 0 Å². The molecule has 29 heavy (non-hydrogen) atoms. The average Bonchev–Trinajstić information content (AvgIpc) is 3.11. The largest absolute Gasteiger partial charge is 0.462 e. The summed E-state index contributed by atoms with van der Waals surface area (Å²) < 4.78 is 42.1. The van der Waals surface area contributed by atoms with E-state index < -0.39 is 15.2 Å². The van der Waals surface area contributed by atoms with E-state index in [1.165, 1.54) is 12.1 Å². The van der Waals surface area contributed by atoms with Gasteiger partial charge in [0.15, 0.2) is 5.72 Å². The predicted molar refractivity (Wildman–Crippen MR) is 104 cm³/mol. The molecule has 0 aromatic heterocycles. The monoisotopic (exact) mass is 432 g/mol. The van der Waals surface area contributed by atoms with Crippen LogP contribution in [0.3, 0.4) is 0 Å². The van der Waals surface area contributed by atoms with Crippen LogP contribution in [-0.2, 0) is 24.6 Å². The number of nitro benzene ring substituents is 1. The van der Waals surface area contributed by atoms with Gasteiger partial charge in [-0.15, -0.1) is 0 Å². The highest BCUT2D eigenvalue weighted by atomic mass is 32.2. The molecular weight excluding hydrogens is 408 g/mol. The first kappa shape index (κ1) is 22.8. The Morgan fingerprint density at radius 3 is 2.55 bits per heavy atom. The molecule has 0 bridgehead atoms. The summed E-state index contributed by atoms with van der Waals surface area (Å²) >= 11 is 0. The van der Waals surface area contributed by atoms with Gasteiger partial charge >= 0.3 is 10.3 Å². The van der Waals surface area contributed by atoms with E-state index in [2.05, 4.69) is 15.0 Å². The van der Waals surface area contributed by atoms with Crippen LogP contribution in [0.15, 0.2) is 18.2 Å². The normalized spacial score (nSPS) is 22.6. The van der Waals surface area contributed by atoms with Crippen molar-refractivity contribution in [3.63, 3.8) is 0 Å². The van der Waals surface area contributed by atoms with Crippen LogP contribution < -0.4 is 10.0 Å². The van der Waals surface area contributed by atoms with Gasteiger partial charge in [0.25, 0.3) is 12.2 Å². The minimum Gasteiger partial charge on any atom is -0.462 e. The standard InChI is InChI=1S/C11H14N4O6S.C5H10O2/c16-15(17)10-5-8(13-22(18,19)20)1-2-9(10)12-6-11-7-14(11)3-4-21-11;1-5(2,3)7-4-6/h1-2,5,12-13H,3-4,6-7H2,(H,18,19,20);4H,1-3H3. The van der Waals surface area contributed by atoms with Crippen molar-refractivity contribution in [1.82, 2.24) is 4.90 Å². The summed E-state index contributed by atoms with van der Waals surface area (Å²) in [7, 11) is -4.48. The molecule has 0 spiro atoms. The van der Waals surface area contributed by atoms with E-state index in [1.807, 2.05) is 20.8 Å². The molecule has 12 nitrogen and oxygen atoms in total. The number of benzene rings is 1. The molecule has 0 saturated carbocycles. The molecule has 3 N–H and O–H groups in total. The SMILES string of the molecule is CC(C)(C)OC=O.O=[N+]([O-])c1cc(NS(=O)(=O)O)ccc1NCC12CN1CCO2. The van der Waals surface area contributed by atoms with E-state index in [4.69, 9.17) is 9.29 Å². The summed E-state index contributed by atoms with van der Waals surface area (Å²) in [5.74, 6) is 0. The Balaban J connectivity index is 0.000000370. The maximum atomic E-state index is 11.1. The maximum absolute atomic E-state index is 11.1. The van der Waals surface area contributed by atoms with Crippen LogP contribution in [0.1, 0.15) is 20.8 Å². The summed E-state index contributed by atoms with van der Waals surface area (Å²) in [5, 5.41) is 14.1. The number of ether oxygens (including phenoxy) is 2. The fourth-order valence-electron chi connectivity index (χ4n) is 2.67. The second-order valence-corrected chi connectivity index (χ2v) is 8.62. The van der Waals surface area contributed by atoms with Gasteiger partial charge in [-0.3, -0.25) is 29.1 Å². The lowest BCUT2D eigenvalue weighted by Gasteiger charge is -2.14. The number of nitrogens with one attached hydrogen (secondary N) is 2. The number of anilines is 2. The van der Waals surface area contributed by atoms with Crippen molar-refractivity contribution in [3.8, 4) is 0 Å². The van der Waals surface area contributed by atoms with Gasteiger partial charge in [0.1, 0.15) is 11.3 Å². The Morgan fingerprint density at radius 1 is 1.45 bits per heavy atom. The quantitative estimate of drug-likeness (QED) is 0.188. The molecule has 1 aromatic carbocycles. The Bertz CT molecular complexity index is 870. The Labute approximate surface area is 168 Å². The van der Waals surface area contributed by atoms with Crippen molar-refractivity contribution in [3.05, 3.63) is 28.3 Å². The number of fused-ring (bicyclic) bond motifs is 1. The molecule has 162 valence electrons. The van der Waals surface area contributed by atoms with E-state index in [0.29, 0.717) is 19.6 Å². The molecule has 2 atom stereocenters.